The number of aliphatic hydroxyl groups excluding tert-OH is 1. The van der Waals surface area contributed by atoms with E-state index in [2.05, 4.69) is 47.9 Å². The molecule has 3 aromatic rings. The maximum atomic E-state index is 15.1. The highest BCUT2D eigenvalue weighted by Crippen LogP contribution is 2.19. The van der Waals surface area contributed by atoms with Gasteiger partial charge in [-0.3, -0.25) is 52.7 Å². The molecular formula is C67H97N11O12. The molecule has 0 aromatic heterocycles. The Morgan fingerprint density at radius 3 is 1.31 bits per heavy atom. The predicted octanol–water partition coefficient (Wildman–Crippen LogP) is 2.52. The van der Waals surface area contributed by atoms with Gasteiger partial charge in [-0.2, -0.15) is 0 Å². The van der Waals surface area contributed by atoms with Crippen molar-refractivity contribution in [3.63, 3.8) is 0 Å². The summed E-state index contributed by atoms with van der Waals surface area (Å²) in [5, 5.41) is 35.7. The molecule has 2 aliphatic rings. The van der Waals surface area contributed by atoms with Crippen molar-refractivity contribution in [1.82, 2.24) is 57.7 Å². The summed E-state index contributed by atoms with van der Waals surface area (Å²) in [6.07, 6.45) is 0.677. The first-order chi connectivity index (χ1) is 42.7. The quantitative estimate of drug-likeness (QED) is 0.0926. The third-order valence-corrected chi connectivity index (χ3v) is 16.3. The highest BCUT2D eigenvalue weighted by molar-refractivity contribution is 6.09. The van der Waals surface area contributed by atoms with Crippen LogP contribution in [0.1, 0.15) is 131 Å². The summed E-state index contributed by atoms with van der Waals surface area (Å²) < 4.78 is 0. The average Bonchev–Trinajstić information content (AvgIpc) is 1.02. The van der Waals surface area contributed by atoms with Gasteiger partial charge in [0.1, 0.15) is 54.4 Å². The number of likely N-dealkylation sites (N-methyl/N-ethyl adjacent to an activating group) is 1. The van der Waals surface area contributed by atoms with Crippen LogP contribution in [0.15, 0.2) is 91.0 Å². The van der Waals surface area contributed by atoms with Crippen LogP contribution in [-0.2, 0) is 72.0 Å². The van der Waals surface area contributed by atoms with Crippen LogP contribution >= 0.6 is 0 Å². The van der Waals surface area contributed by atoms with Crippen molar-refractivity contribution in [3.8, 4) is 0 Å². The Morgan fingerprint density at radius 2 is 0.844 bits per heavy atom. The molecule has 492 valence electrons. The van der Waals surface area contributed by atoms with E-state index in [1.54, 1.807) is 105 Å². The number of amides is 11. The van der Waals surface area contributed by atoms with Gasteiger partial charge in [0.15, 0.2) is 6.04 Å². The summed E-state index contributed by atoms with van der Waals surface area (Å²) in [6, 6.07) is 11.7. The first-order valence-corrected chi connectivity index (χ1v) is 31.8. The molecule has 12 atom stereocenters. The van der Waals surface area contributed by atoms with Gasteiger partial charge in [0.05, 0.1) is 6.10 Å². The van der Waals surface area contributed by atoms with Crippen molar-refractivity contribution in [2.45, 2.75) is 200 Å². The zero-order valence-corrected chi connectivity index (χ0v) is 54.1. The van der Waals surface area contributed by atoms with Crippen molar-refractivity contribution < 1.29 is 57.8 Å². The molecule has 3 aromatic carbocycles. The summed E-state index contributed by atoms with van der Waals surface area (Å²) in [4.78, 5) is 164. The van der Waals surface area contributed by atoms with Gasteiger partial charge < -0.3 is 62.8 Å². The molecular weight excluding hydrogens is 1150 g/mol. The SMILES string of the molecule is CC[C@H](C)[C@@H]1NC(=O)[C@H](Cc2ccccc2)N(C)C(=O)C(CC(C)C)NC(=O)C(CC(C)C)NC(=O)[C@H](Cc2ccccc2)NC(=O)[C@H](CC(C)C)NC(=O)[C@@H](C)NC(=O)C(C(=O)N2CCCCC2)NC(=O)[C@@H](Cc2ccccc2)NC(=O)C([C@@H](C)O)NC1=O. The zero-order chi connectivity index (χ0) is 66.4. The Kier molecular flexibility index (Phi) is 28.4. The molecule has 23 nitrogen and oxygen atoms in total. The lowest BCUT2D eigenvalue weighted by Crippen LogP contribution is -2.64. The van der Waals surface area contributed by atoms with Crippen LogP contribution in [0.4, 0.5) is 0 Å². The van der Waals surface area contributed by atoms with E-state index in [-0.39, 0.29) is 69.4 Å². The van der Waals surface area contributed by atoms with Crippen molar-refractivity contribution in [1.29, 1.82) is 0 Å². The van der Waals surface area contributed by atoms with E-state index in [0.717, 1.165) is 6.42 Å². The van der Waals surface area contributed by atoms with E-state index in [1.165, 1.54) is 30.7 Å². The maximum absolute atomic E-state index is 15.1. The van der Waals surface area contributed by atoms with E-state index < -0.39 is 137 Å². The molecule has 5 rings (SSSR count). The highest BCUT2D eigenvalue weighted by Gasteiger charge is 2.41. The van der Waals surface area contributed by atoms with Crippen LogP contribution in [-0.4, -0.2) is 167 Å². The first-order valence-electron chi connectivity index (χ1n) is 31.8. The lowest BCUT2D eigenvalue weighted by atomic mass is 9.95. The summed E-state index contributed by atoms with van der Waals surface area (Å²) in [6.45, 7) is 17.6. The molecule has 4 unspecified atom stereocenters. The normalized spacial score (nSPS) is 25.5. The Labute approximate surface area is 529 Å². The van der Waals surface area contributed by atoms with E-state index in [4.69, 9.17) is 0 Å². The second-order valence-corrected chi connectivity index (χ2v) is 25.4. The highest BCUT2D eigenvalue weighted by atomic mass is 16.3. The van der Waals surface area contributed by atoms with Gasteiger partial charge in [0, 0.05) is 39.4 Å². The molecule has 23 heteroatoms. The fourth-order valence-electron chi connectivity index (χ4n) is 11.0. The van der Waals surface area contributed by atoms with Crippen LogP contribution in [0, 0.1) is 23.7 Å². The van der Waals surface area contributed by atoms with Crippen LogP contribution in [0.2, 0.25) is 0 Å². The number of rotatable bonds is 16. The molecule has 2 aliphatic heterocycles. The van der Waals surface area contributed by atoms with Gasteiger partial charge >= 0.3 is 0 Å². The summed E-state index contributed by atoms with van der Waals surface area (Å²) >= 11 is 0. The Hall–Kier alpha value is -8.21. The number of hydrogen-bond acceptors (Lipinski definition) is 12. The predicted molar refractivity (Wildman–Crippen MR) is 340 cm³/mol. The maximum Gasteiger partial charge on any atom is 0.254 e. The molecule has 10 N–H and O–H groups in total. The number of aliphatic hydroxyl groups is 1. The lowest BCUT2D eigenvalue weighted by molar-refractivity contribution is -0.144. The summed E-state index contributed by atoms with van der Waals surface area (Å²) in [5.41, 5.74) is 1.83. The standard InChI is InChI=1S/C67H97N11O12/c1-12-42(8)54-63(86)75-55(44(10)79)64(87)72-51(37-46-27-19-14-20-28-46)61(84)76-56(67(90)78-31-23-16-24-32-78)65(88)68-43(9)57(80)69-48(33-39(2)3)58(81)71-50(36-45-25-17-13-18-26-45)60(83)70-49(34-40(4)5)59(82)73-52(35-41(6)7)66(89)77(11)53(62(85)74-54)38-47-29-21-15-22-30-47/h13-15,17-22,25-30,39-44,48-56,79H,12,16,23-24,31-38H2,1-11H3,(H,68,88)(H,69,80)(H,70,83)(H,71,81)(H,72,87)(H,73,82)(H,74,85)(H,75,86)(H,76,84)/t42-,43+,44+,48-,49?,50-,51+,52?,53-,54-,55?,56?/m0/s1. The smallest absolute Gasteiger partial charge is 0.254 e. The van der Waals surface area contributed by atoms with E-state index in [1.807, 2.05) is 41.5 Å². The molecule has 90 heavy (non-hydrogen) atoms. The number of likely N-dealkylation sites (tertiary alicyclic amines) is 1. The topological polar surface area (TPSA) is 323 Å². The number of piperidine rings is 1. The second kappa shape index (κ2) is 35.3. The fraction of sp³-hybridized carbons (Fsp3) is 0.567. The molecule has 2 saturated heterocycles. The summed E-state index contributed by atoms with van der Waals surface area (Å²) in [7, 11) is 1.42. The monoisotopic (exact) mass is 1250 g/mol. The van der Waals surface area contributed by atoms with Crippen molar-refractivity contribution in [2.75, 3.05) is 20.1 Å². The minimum atomic E-state index is -1.96. The van der Waals surface area contributed by atoms with Crippen LogP contribution < -0.4 is 47.9 Å². The third kappa shape index (κ3) is 22.1. The number of hydrogen-bond donors (Lipinski definition) is 10. The molecule has 0 aliphatic carbocycles. The van der Waals surface area contributed by atoms with Gasteiger partial charge in [0.2, 0.25) is 53.2 Å². The van der Waals surface area contributed by atoms with Crippen molar-refractivity contribution in [2.24, 2.45) is 23.7 Å². The molecule has 11 amide bonds. The van der Waals surface area contributed by atoms with Crippen LogP contribution in [0.25, 0.3) is 0 Å². The van der Waals surface area contributed by atoms with Crippen molar-refractivity contribution >= 4 is 65.0 Å². The summed E-state index contributed by atoms with van der Waals surface area (Å²) in [5.74, 6) is -10.5. The minimum Gasteiger partial charge on any atom is -0.391 e. The fourth-order valence-corrected chi connectivity index (χ4v) is 11.0. The Balaban J connectivity index is 1.66. The van der Waals surface area contributed by atoms with Gasteiger partial charge in [-0.05, 0) is 92.7 Å². The first kappa shape index (κ1) is 72.5. The second-order valence-electron chi connectivity index (χ2n) is 25.4. The number of nitrogens with one attached hydrogen (secondary N) is 9. The minimum absolute atomic E-state index is 0.0525. The van der Waals surface area contributed by atoms with Crippen LogP contribution in [0.3, 0.4) is 0 Å². The van der Waals surface area contributed by atoms with Gasteiger partial charge in [-0.1, -0.05) is 153 Å². The lowest BCUT2D eigenvalue weighted by Gasteiger charge is -2.34. The van der Waals surface area contributed by atoms with Crippen LogP contribution in [0.5, 0.6) is 0 Å². The molecule has 2 heterocycles. The molecule has 0 saturated carbocycles. The molecule has 2 fully saturated rings. The average molecular weight is 1250 g/mol. The third-order valence-electron chi connectivity index (χ3n) is 16.3. The van der Waals surface area contributed by atoms with E-state index in [9.17, 15) is 48.3 Å². The van der Waals surface area contributed by atoms with Crippen molar-refractivity contribution in [3.05, 3.63) is 108 Å². The van der Waals surface area contributed by atoms with Gasteiger partial charge in [-0.25, -0.2) is 0 Å². The zero-order valence-electron chi connectivity index (χ0n) is 54.1. The molecule has 0 bridgehead atoms. The Morgan fingerprint density at radius 1 is 0.456 bits per heavy atom. The number of carbonyl (C=O) groups is 11. The Bertz CT molecular complexity index is 2910. The number of carbonyl (C=O) groups excluding carboxylic acids is 11. The number of nitrogens with zero attached hydrogens (tertiary/aromatic N) is 2. The number of benzene rings is 3. The van der Waals surface area contributed by atoms with Gasteiger partial charge in [0.25, 0.3) is 11.8 Å². The largest absolute Gasteiger partial charge is 0.391 e. The van der Waals surface area contributed by atoms with Gasteiger partial charge in [-0.15, -0.1) is 0 Å². The molecule has 0 radical (unpaired) electrons. The molecule has 0 spiro atoms. The van der Waals surface area contributed by atoms with E-state index >= 15 is 9.59 Å². The van der Waals surface area contributed by atoms with E-state index in [0.29, 0.717) is 36.0 Å².